The van der Waals surface area contributed by atoms with Crippen molar-refractivity contribution in [3.63, 3.8) is 0 Å². The Bertz CT molecular complexity index is 287. The van der Waals surface area contributed by atoms with Crippen LogP contribution in [-0.4, -0.2) is 6.54 Å². The molecule has 0 radical (unpaired) electrons. The molecule has 90 valence electrons. The lowest BCUT2D eigenvalue weighted by atomic mass is 9.98. The lowest BCUT2D eigenvalue weighted by Crippen LogP contribution is -2.21. The average molecular weight is 219 g/mol. The van der Waals surface area contributed by atoms with Gasteiger partial charge in [-0.25, -0.2) is 0 Å². The van der Waals surface area contributed by atoms with Gasteiger partial charge in [0, 0.05) is 6.04 Å². The Morgan fingerprint density at radius 1 is 1.00 bits per heavy atom. The topological polar surface area (TPSA) is 12.0 Å². The van der Waals surface area contributed by atoms with E-state index in [0.717, 1.165) is 13.0 Å². The van der Waals surface area contributed by atoms with Gasteiger partial charge in [0.25, 0.3) is 0 Å². The third-order valence-electron chi connectivity index (χ3n) is 3.05. The molecule has 1 unspecified atom stereocenters. The van der Waals surface area contributed by atoms with Gasteiger partial charge in [-0.3, -0.25) is 0 Å². The third kappa shape index (κ3) is 3.64. The Morgan fingerprint density at radius 3 is 2.00 bits per heavy atom. The predicted octanol–water partition coefficient (Wildman–Crippen LogP) is 4.26. The van der Waals surface area contributed by atoms with Crippen molar-refractivity contribution in [1.82, 2.24) is 5.32 Å². The van der Waals surface area contributed by atoms with E-state index in [4.69, 9.17) is 0 Å². The Labute approximate surface area is 100 Å². The summed E-state index contributed by atoms with van der Waals surface area (Å²) in [6.45, 7) is 10.0. The Hall–Kier alpha value is -0.820. The molecular weight excluding hydrogens is 194 g/mol. The van der Waals surface area contributed by atoms with Gasteiger partial charge in [0.05, 0.1) is 0 Å². The van der Waals surface area contributed by atoms with E-state index >= 15 is 0 Å². The Balaban J connectivity index is 2.70. The van der Waals surface area contributed by atoms with Crippen molar-refractivity contribution in [2.24, 2.45) is 0 Å². The van der Waals surface area contributed by atoms with Crippen LogP contribution in [0, 0.1) is 0 Å². The molecular formula is C15H25N. The molecule has 0 heterocycles. The molecule has 0 saturated heterocycles. The molecule has 0 aliphatic carbocycles. The summed E-state index contributed by atoms with van der Waals surface area (Å²) in [6, 6.07) is 9.58. The molecule has 0 fully saturated rings. The van der Waals surface area contributed by atoms with E-state index < -0.39 is 0 Å². The van der Waals surface area contributed by atoms with Gasteiger partial charge in [-0.15, -0.1) is 0 Å². The van der Waals surface area contributed by atoms with Crippen LogP contribution in [0.3, 0.4) is 0 Å². The minimum atomic E-state index is 0.515. The molecule has 0 spiro atoms. The summed E-state index contributed by atoms with van der Waals surface area (Å²) in [7, 11) is 0. The number of hydrogen-bond donors (Lipinski definition) is 1. The highest BCUT2D eigenvalue weighted by atomic mass is 14.9. The van der Waals surface area contributed by atoms with Gasteiger partial charge in [0.1, 0.15) is 0 Å². The van der Waals surface area contributed by atoms with E-state index in [-0.39, 0.29) is 0 Å². The average Bonchev–Trinajstić information content (AvgIpc) is 2.30. The predicted molar refractivity (Wildman–Crippen MR) is 71.9 cm³/mol. The fourth-order valence-electron chi connectivity index (χ4n) is 1.93. The van der Waals surface area contributed by atoms with E-state index in [0.29, 0.717) is 12.0 Å². The van der Waals surface area contributed by atoms with Gasteiger partial charge in [0.2, 0.25) is 0 Å². The van der Waals surface area contributed by atoms with Crippen molar-refractivity contribution in [2.45, 2.75) is 52.5 Å². The molecule has 1 heteroatoms. The third-order valence-corrected chi connectivity index (χ3v) is 3.05. The normalized spacial score (nSPS) is 13.1. The molecule has 0 aliphatic heterocycles. The van der Waals surface area contributed by atoms with Crippen LogP contribution in [0.25, 0.3) is 0 Å². The number of benzene rings is 1. The summed E-state index contributed by atoms with van der Waals surface area (Å²) >= 11 is 0. The highest BCUT2D eigenvalue weighted by Crippen LogP contribution is 2.20. The zero-order valence-corrected chi connectivity index (χ0v) is 11.1. The van der Waals surface area contributed by atoms with E-state index in [2.05, 4.69) is 57.3 Å². The molecule has 0 aliphatic rings. The molecule has 1 aromatic rings. The standard InChI is InChI=1S/C15H25N/c1-5-11-16-15(6-2)14-9-7-13(8-10-14)12(3)4/h7-10,12,15-16H,5-6,11H2,1-4H3. The highest BCUT2D eigenvalue weighted by molar-refractivity contribution is 5.26. The second-order valence-electron chi connectivity index (χ2n) is 4.74. The maximum atomic E-state index is 3.58. The van der Waals surface area contributed by atoms with Crippen LogP contribution in [0.1, 0.15) is 63.6 Å². The van der Waals surface area contributed by atoms with Crippen molar-refractivity contribution in [3.05, 3.63) is 35.4 Å². The molecule has 1 aromatic carbocycles. The van der Waals surface area contributed by atoms with Crippen LogP contribution >= 0.6 is 0 Å². The van der Waals surface area contributed by atoms with Gasteiger partial charge in [-0.05, 0) is 36.4 Å². The first-order valence-corrected chi connectivity index (χ1v) is 6.52. The number of rotatable bonds is 6. The van der Waals surface area contributed by atoms with Crippen LogP contribution in [0.15, 0.2) is 24.3 Å². The summed E-state index contributed by atoms with van der Waals surface area (Å²) < 4.78 is 0. The van der Waals surface area contributed by atoms with Gasteiger partial charge < -0.3 is 5.32 Å². The fraction of sp³-hybridized carbons (Fsp3) is 0.600. The zero-order valence-electron chi connectivity index (χ0n) is 11.1. The molecule has 1 atom stereocenters. The van der Waals surface area contributed by atoms with E-state index in [1.165, 1.54) is 17.5 Å². The van der Waals surface area contributed by atoms with Crippen LogP contribution < -0.4 is 5.32 Å². The van der Waals surface area contributed by atoms with Crippen molar-refractivity contribution >= 4 is 0 Å². The van der Waals surface area contributed by atoms with Crippen molar-refractivity contribution in [3.8, 4) is 0 Å². The monoisotopic (exact) mass is 219 g/mol. The van der Waals surface area contributed by atoms with Crippen LogP contribution in [0.2, 0.25) is 0 Å². The largest absolute Gasteiger partial charge is 0.310 e. The first-order chi connectivity index (χ1) is 7.69. The maximum absolute atomic E-state index is 3.58. The van der Waals surface area contributed by atoms with Gasteiger partial charge in [-0.2, -0.15) is 0 Å². The fourth-order valence-corrected chi connectivity index (χ4v) is 1.93. The maximum Gasteiger partial charge on any atom is 0.0317 e. The van der Waals surface area contributed by atoms with E-state index in [1.54, 1.807) is 0 Å². The van der Waals surface area contributed by atoms with Crippen molar-refractivity contribution in [1.29, 1.82) is 0 Å². The van der Waals surface area contributed by atoms with Crippen LogP contribution in [0.5, 0.6) is 0 Å². The summed E-state index contributed by atoms with van der Waals surface area (Å²) in [6.07, 6.45) is 2.35. The van der Waals surface area contributed by atoms with E-state index in [9.17, 15) is 0 Å². The summed E-state index contributed by atoms with van der Waals surface area (Å²) in [5.41, 5.74) is 2.84. The molecule has 1 rings (SSSR count). The molecule has 1 N–H and O–H groups in total. The first-order valence-electron chi connectivity index (χ1n) is 6.52. The second-order valence-corrected chi connectivity index (χ2v) is 4.74. The van der Waals surface area contributed by atoms with Crippen molar-refractivity contribution in [2.75, 3.05) is 6.54 Å². The molecule has 1 nitrogen and oxygen atoms in total. The smallest absolute Gasteiger partial charge is 0.0317 e. The Morgan fingerprint density at radius 2 is 1.56 bits per heavy atom. The van der Waals surface area contributed by atoms with Crippen LogP contribution in [-0.2, 0) is 0 Å². The molecule has 0 amide bonds. The summed E-state index contributed by atoms with van der Waals surface area (Å²) in [4.78, 5) is 0. The second kappa shape index (κ2) is 6.70. The Kier molecular flexibility index (Phi) is 5.54. The number of nitrogens with one attached hydrogen (secondary N) is 1. The molecule has 0 saturated carbocycles. The lowest BCUT2D eigenvalue weighted by Gasteiger charge is -2.17. The SMILES string of the molecule is CCCNC(CC)c1ccc(C(C)C)cc1. The molecule has 0 aromatic heterocycles. The first kappa shape index (κ1) is 13.2. The minimum Gasteiger partial charge on any atom is -0.310 e. The number of hydrogen-bond acceptors (Lipinski definition) is 1. The van der Waals surface area contributed by atoms with Gasteiger partial charge >= 0.3 is 0 Å². The van der Waals surface area contributed by atoms with Crippen LogP contribution in [0.4, 0.5) is 0 Å². The minimum absolute atomic E-state index is 0.515. The molecule has 0 bridgehead atoms. The molecule has 16 heavy (non-hydrogen) atoms. The quantitative estimate of drug-likeness (QED) is 0.753. The van der Waals surface area contributed by atoms with Crippen molar-refractivity contribution < 1.29 is 0 Å². The van der Waals surface area contributed by atoms with Gasteiger partial charge in [-0.1, -0.05) is 52.0 Å². The summed E-state index contributed by atoms with van der Waals surface area (Å²) in [5, 5.41) is 3.58. The zero-order chi connectivity index (χ0) is 12.0. The highest BCUT2D eigenvalue weighted by Gasteiger charge is 2.08. The van der Waals surface area contributed by atoms with Gasteiger partial charge in [0.15, 0.2) is 0 Å². The lowest BCUT2D eigenvalue weighted by molar-refractivity contribution is 0.518. The summed E-state index contributed by atoms with van der Waals surface area (Å²) in [5.74, 6) is 0.623. The van der Waals surface area contributed by atoms with E-state index in [1.807, 2.05) is 0 Å².